The van der Waals surface area contributed by atoms with E-state index >= 15 is 0 Å². The highest BCUT2D eigenvalue weighted by Gasteiger charge is 2.20. The van der Waals surface area contributed by atoms with Crippen LogP contribution in [0.1, 0.15) is 13.8 Å². The van der Waals surface area contributed by atoms with Crippen molar-refractivity contribution >= 4 is 19.1 Å². The Morgan fingerprint density at radius 2 is 1.28 bits per heavy atom. The van der Waals surface area contributed by atoms with Gasteiger partial charge in [-0.15, -0.1) is 0 Å². The first-order valence-corrected chi connectivity index (χ1v) is 10.2. The van der Waals surface area contributed by atoms with Crippen LogP contribution in [0.4, 0.5) is 11.4 Å². The molecular formula is C22H28BN2O4. The summed E-state index contributed by atoms with van der Waals surface area (Å²) in [5.41, 5.74) is 2.27. The lowest BCUT2D eigenvalue weighted by molar-refractivity contribution is 0.0989. The Bertz CT molecular complexity index is 740. The van der Waals surface area contributed by atoms with Crippen molar-refractivity contribution in [1.29, 1.82) is 0 Å². The van der Waals surface area contributed by atoms with E-state index in [9.17, 15) is 0 Å². The monoisotopic (exact) mass is 395 g/mol. The summed E-state index contributed by atoms with van der Waals surface area (Å²) < 4.78 is 22.5. The second-order valence-corrected chi connectivity index (χ2v) is 7.56. The van der Waals surface area contributed by atoms with Crippen LogP contribution in [-0.4, -0.2) is 59.3 Å². The van der Waals surface area contributed by atoms with Crippen molar-refractivity contribution in [2.24, 2.45) is 0 Å². The topological polar surface area (TPSA) is 43.4 Å². The van der Waals surface area contributed by atoms with Gasteiger partial charge in [-0.1, -0.05) is 12.1 Å². The zero-order valence-corrected chi connectivity index (χ0v) is 17.1. The fourth-order valence-corrected chi connectivity index (χ4v) is 3.83. The van der Waals surface area contributed by atoms with E-state index in [0.717, 1.165) is 62.4 Å². The van der Waals surface area contributed by atoms with Gasteiger partial charge >= 0.3 is 7.69 Å². The Morgan fingerprint density at radius 3 is 1.72 bits per heavy atom. The standard InChI is InChI=1S/C22H28BN2O4/c1-17-15-26-11-9-24(17)19-5-3-7-21(13-19)28-23-29-22-8-4-6-20(14-22)25-10-12-27-16-18(25)2/h3-8,13-14,17-18H,9-12,15-16H2,1-2H3. The van der Waals surface area contributed by atoms with E-state index in [0.29, 0.717) is 12.1 Å². The molecule has 153 valence electrons. The molecular weight excluding hydrogens is 367 g/mol. The Labute approximate surface area is 173 Å². The number of nitrogens with zero attached hydrogens (tertiary/aromatic N) is 2. The molecule has 4 rings (SSSR count). The number of anilines is 2. The van der Waals surface area contributed by atoms with Crippen LogP contribution in [0.2, 0.25) is 0 Å². The molecule has 2 aromatic rings. The van der Waals surface area contributed by atoms with E-state index < -0.39 is 0 Å². The Kier molecular flexibility index (Phi) is 6.47. The number of hydrogen-bond donors (Lipinski definition) is 0. The predicted octanol–water partition coefficient (Wildman–Crippen LogP) is 3.13. The van der Waals surface area contributed by atoms with Crippen LogP contribution in [0.5, 0.6) is 11.5 Å². The Hall–Kier alpha value is -2.38. The molecule has 2 unspecified atom stereocenters. The second kappa shape index (κ2) is 9.42. The maximum absolute atomic E-state index is 5.74. The van der Waals surface area contributed by atoms with Crippen LogP contribution in [0, 0.1) is 0 Å². The predicted molar refractivity (Wildman–Crippen MR) is 115 cm³/mol. The largest absolute Gasteiger partial charge is 0.658 e. The van der Waals surface area contributed by atoms with Gasteiger partial charge in [0, 0.05) is 48.7 Å². The van der Waals surface area contributed by atoms with Gasteiger partial charge in [-0.05, 0) is 38.1 Å². The van der Waals surface area contributed by atoms with Crippen LogP contribution < -0.4 is 19.1 Å². The number of morpholine rings is 2. The first-order valence-electron chi connectivity index (χ1n) is 10.2. The molecule has 2 fully saturated rings. The highest BCUT2D eigenvalue weighted by Crippen LogP contribution is 2.26. The van der Waals surface area contributed by atoms with Gasteiger partial charge in [0.1, 0.15) is 11.5 Å². The number of benzene rings is 2. The molecule has 0 bridgehead atoms. The van der Waals surface area contributed by atoms with E-state index in [4.69, 9.17) is 18.8 Å². The quantitative estimate of drug-likeness (QED) is 0.701. The summed E-state index contributed by atoms with van der Waals surface area (Å²) >= 11 is 0. The summed E-state index contributed by atoms with van der Waals surface area (Å²) in [6, 6.07) is 16.8. The molecule has 7 heteroatoms. The maximum Gasteiger partial charge on any atom is 0.658 e. The van der Waals surface area contributed by atoms with E-state index in [-0.39, 0.29) is 0 Å². The van der Waals surface area contributed by atoms with Crippen molar-refractivity contribution in [3.63, 3.8) is 0 Å². The zero-order chi connectivity index (χ0) is 20.1. The molecule has 0 aromatic heterocycles. The summed E-state index contributed by atoms with van der Waals surface area (Å²) in [4.78, 5) is 4.67. The normalized spacial score (nSPS) is 22.3. The third-order valence-corrected chi connectivity index (χ3v) is 5.40. The van der Waals surface area contributed by atoms with E-state index in [1.807, 2.05) is 36.4 Å². The molecule has 1 radical (unpaired) electrons. The molecule has 0 aliphatic carbocycles. The van der Waals surface area contributed by atoms with E-state index in [1.165, 1.54) is 7.69 Å². The maximum atomic E-state index is 5.74. The van der Waals surface area contributed by atoms with Crippen molar-refractivity contribution in [1.82, 2.24) is 0 Å². The second-order valence-electron chi connectivity index (χ2n) is 7.56. The highest BCUT2D eigenvalue weighted by atomic mass is 16.6. The minimum absolute atomic E-state index is 0.351. The fourth-order valence-electron chi connectivity index (χ4n) is 3.83. The Morgan fingerprint density at radius 1 is 0.793 bits per heavy atom. The summed E-state index contributed by atoms with van der Waals surface area (Å²) in [6.45, 7) is 9.12. The summed E-state index contributed by atoms with van der Waals surface area (Å²) in [7, 11) is 1.39. The van der Waals surface area contributed by atoms with Gasteiger partial charge in [0.2, 0.25) is 0 Å². The lowest BCUT2D eigenvalue weighted by Gasteiger charge is -2.35. The third kappa shape index (κ3) is 4.97. The smallest absolute Gasteiger partial charge is 0.526 e. The molecule has 0 saturated carbocycles. The average molecular weight is 395 g/mol. The molecule has 0 N–H and O–H groups in total. The SMILES string of the molecule is CC1COCCN1c1cccc(O[B]Oc2cccc(N3CCOCC3C)c2)c1. The molecule has 2 aliphatic rings. The molecule has 29 heavy (non-hydrogen) atoms. The van der Waals surface area contributed by atoms with Crippen molar-refractivity contribution in [3.05, 3.63) is 48.5 Å². The molecule has 0 spiro atoms. The van der Waals surface area contributed by atoms with Crippen LogP contribution in [-0.2, 0) is 9.47 Å². The van der Waals surface area contributed by atoms with Gasteiger partial charge < -0.3 is 28.6 Å². The summed E-state index contributed by atoms with van der Waals surface area (Å²) in [5.74, 6) is 1.50. The molecule has 2 heterocycles. The summed E-state index contributed by atoms with van der Waals surface area (Å²) in [6.07, 6.45) is 0. The van der Waals surface area contributed by atoms with Gasteiger partial charge in [0.15, 0.2) is 0 Å². The average Bonchev–Trinajstić information content (AvgIpc) is 2.75. The van der Waals surface area contributed by atoms with Crippen molar-refractivity contribution in [2.45, 2.75) is 25.9 Å². The van der Waals surface area contributed by atoms with Crippen LogP contribution in [0.15, 0.2) is 48.5 Å². The van der Waals surface area contributed by atoms with Crippen molar-refractivity contribution < 1.29 is 18.8 Å². The lowest BCUT2D eigenvalue weighted by atomic mass is 10.2. The minimum Gasteiger partial charge on any atom is -0.526 e. The van der Waals surface area contributed by atoms with Crippen molar-refractivity contribution in [2.75, 3.05) is 49.3 Å². The minimum atomic E-state index is 0.351. The molecule has 0 amide bonds. The fraction of sp³-hybridized carbons (Fsp3) is 0.455. The molecule has 2 aromatic carbocycles. The first kappa shape index (κ1) is 19.9. The molecule has 6 nitrogen and oxygen atoms in total. The van der Waals surface area contributed by atoms with Gasteiger partial charge in [-0.2, -0.15) is 0 Å². The van der Waals surface area contributed by atoms with Gasteiger partial charge in [0.25, 0.3) is 0 Å². The van der Waals surface area contributed by atoms with Crippen molar-refractivity contribution in [3.8, 4) is 11.5 Å². The highest BCUT2D eigenvalue weighted by molar-refractivity contribution is 6.20. The number of hydrogen-bond acceptors (Lipinski definition) is 6. The van der Waals surface area contributed by atoms with Gasteiger partial charge in [0.05, 0.1) is 26.4 Å². The summed E-state index contributed by atoms with van der Waals surface area (Å²) in [5, 5.41) is 0. The van der Waals surface area contributed by atoms with E-state index in [1.54, 1.807) is 0 Å². The van der Waals surface area contributed by atoms with Gasteiger partial charge in [-0.25, -0.2) is 0 Å². The lowest BCUT2D eigenvalue weighted by Crippen LogP contribution is -2.43. The van der Waals surface area contributed by atoms with Crippen LogP contribution in [0.25, 0.3) is 0 Å². The molecule has 2 saturated heterocycles. The van der Waals surface area contributed by atoms with Gasteiger partial charge in [-0.3, -0.25) is 0 Å². The third-order valence-electron chi connectivity index (χ3n) is 5.40. The van der Waals surface area contributed by atoms with E-state index in [2.05, 4.69) is 35.8 Å². The number of rotatable bonds is 6. The Balaban J connectivity index is 1.34. The first-order chi connectivity index (χ1) is 14.2. The zero-order valence-electron chi connectivity index (χ0n) is 17.1. The molecule has 2 atom stereocenters. The van der Waals surface area contributed by atoms with Crippen LogP contribution in [0.3, 0.4) is 0 Å². The molecule has 2 aliphatic heterocycles. The van der Waals surface area contributed by atoms with Crippen LogP contribution >= 0.6 is 0 Å². The number of ether oxygens (including phenoxy) is 2.